The van der Waals surface area contributed by atoms with Crippen LogP contribution in [0.4, 0.5) is 18.9 Å². The predicted octanol–water partition coefficient (Wildman–Crippen LogP) is 4.94. The van der Waals surface area contributed by atoms with Crippen molar-refractivity contribution in [1.29, 1.82) is 0 Å². The number of aryl methyl sites for hydroxylation is 2. The lowest BCUT2D eigenvalue weighted by molar-refractivity contribution is -0.208. The lowest BCUT2D eigenvalue weighted by Gasteiger charge is -2.29. The number of halogens is 3. The second-order valence-electron chi connectivity index (χ2n) is 6.63. The number of nitrogens with one attached hydrogen (secondary N) is 1. The lowest BCUT2D eigenvalue weighted by atomic mass is 9.97. The molecule has 0 radical (unpaired) electrons. The van der Waals surface area contributed by atoms with E-state index in [9.17, 15) is 18.3 Å². The summed E-state index contributed by atoms with van der Waals surface area (Å²) in [6.45, 7) is 3.58. The molecule has 0 aliphatic rings. The number of para-hydroxylation sites is 1. The molecule has 4 nitrogen and oxygen atoms in total. The molecule has 1 aromatic heterocycles. The van der Waals surface area contributed by atoms with Gasteiger partial charge in [0, 0.05) is 22.3 Å². The van der Waals surface area contributed by atoms with Crippen molar-refractivity contribution in [3.8, 4) is 5.75 Å². The van der Waals surface area contributed by atoms with E-state index in [0.29, 0.717) is 27.9 Å². The number of benzene rings is 2. The van der Waals surface area contributed by atoms with Gasteiger partial charge in [-0.15, -0.1) is 0 Å². The molecule has 7 heteroatoms. The van der Waals surface area contributed by atoms with Gasteiger partial charge in [0.2, 0.25) is 0 Å². The normalized spacial score (nSPS) is 14.0. The molecular formula is C21H21F3N2O2. The van der Waals surface area contributed by atoms with Crippen molar-refractivity contribution in [2.45, 2.75) is 32.2 Å². The largest absolute Gasteiger partial charge is 0.496 e. The highest BCUT2D eigenvalue weighted by Crippen LogP contribution is 2.39. The van der Waals surface area contributed by atoms with Gasteiger partial charge in [-0.05, 0) is 43.7 Å². The summed E-state index contributed by atoms with van der Waals surface area (Å²) in [7, 11) is 1.40. The van der Waals surface area contributed by atoms with Gasteiger partial charge in [-0.25, -0.2) is 0 Å². The van der Waals surface area contributed by atoms with Crippen LogP contribution in [0.2, 0.25) is 0 Å². The van der Waals surface area contributed by atoms with Crippen LogP contribution >= 0.6 is 0 Å². The van der Waals surface area contributed by atoms with Crippen LogP contribution in [-0.2, 0) is 0 Å². The Labute approximate surface area is 161 Å². The monoisotopic (exact) mass is 390 g/mol. The first-order chi connectivity index (χ1) is 13.2. The van der Waals surface area contributed by atoms with Crippen LogP contribution in [0.15, 0.2) is 48.5 Å². The van der Waals surface area contributed by atoms with Crippen molar-refractivity contribution in [3.63, 3.8) is 0 Å². The molecule has 0 spiro atoms. The van der Waals surface area contributed by atoms with Crippen LogP contribution in [-0.4, -0.2) is 29.5 Å². The number of nitrogens with zero attached hydrogens (tertiary/aromatic N) is 1. The summed E-state index contributed by atoms with van der Waals surface area (Å²) in [5.74, 6) is 0.303. The summed E-state index contributed by atoms with van der Waals surface area (Å²) >= 11 is 0. The molecule has 2 aromatic carbocycles. The number of aliphatic hydroxyl groups is 1. The average Bonchev–Trinajstić information content (AvgIpc) is 2.64. The molecule has 148 valence electrons. The van der Waals surface area contributed by atoms with Crippen molar-refractivity contribution in [3.05, 3.63) is 65.4 Å². The first kappa shape index (κ1) is 19.9. The van der Waals surface area contributed by atoms with E-state index in [0.717, 1.165) is 5.69 Å². The number of methoxy groups -OCH3 is 1. The van der Waals surface area contributed by atoms with Gasteiger partial charge in [-0.3, -0.25) is 4.98 Å². The van der Waals surface area contributed by atoms with Crippen molar-refractivity contribution >= 4 is 16.6 Å². The third kappa shape index (κ3) is 3.89. The molecule has 3 aromatic rings. The third-order valence-electron chi connectivity index (χ3n) is 4.61. The molecule has 0 aliphatic heterocycles. The van der Waals surface area contributed by atoms with E-state index in [1.54, 1.807) is 49.4 Å². The molecule has 0 aliphatic carbocycles. The van der Waals surface area contributed by atoms with Gasteiger partial charge < -0.3 is 15.2 Å². The summed E-state index contributed by atoms with van der Waals surface area (Å²) in [6.07, 6.45) is -7.44. The highest BCUT2D eigenvalue weighted by molar-refractivity contribution is 5.91. The number of aliphatic hydroxyl groups excluding tert-OH is 1. The number of ether oxygens (including phenoxy) is 1. The molecule has 1 heterocycles. The Morgan fingerprint density at radius 3 is 2.43 bits per heavy atom. The second-order valence-corrected chi connectivity index (χ2v) is 6.63. The Hall–Kier alpha value is -2.80. The maximum absolute atomic E-state index is 13.4. The van der Waals surface area contributed by atoms with E-state index in [1.165, 1.54) is 13.2 Å². The maximum Gasteiger partial charge on any atom is 0.416 e. The van der Waals surface area contributed by atoms with Gasteiger partial charge in [-0.2, -0.15) is 13.2 Å². The van der Waals surface area contributed by atoms with Crippen molar-refractivity contribution in [1.82, 2.24) is 4.98 Å². The zero-order valence-corrected chi connectivity index (χ0v) is 15.7. The molecule has 0 saturated heterocycles. The third-order valence-corrected chi connectivity index (χ3v) is 4.61. The minimum atomic E-state index is -4.81. The molecule has 0 fully saturated rings. The molecule has 2 unspecified atom stereocenters. The molecule has 3 rings (SSSR count). The smallest absolute Gasteiger partial charge is 0.416 e. The highest BCUT2D eigenvalue weighted by atomic mass is 19.4. The Balaban J connectivity index is 2.13. The topological polar surface area (TPSA) is 54.4 Å². The summed E-state index contributed by atoms with van der Waals surface area (Å²) in [6, 6.07) is 12.2. The fourth-order valence-corrected chi connectivity index (χ4v) is 3.26. The molecular weight excluding hydrogens is 369 g/mol. The first-order valence-corrected chi connectivity index (χ1v) is 8.73. The maximum atomic E-state index is 13.4. The number of fused-ring (bicyclic) bond motifs is 1. The van der Waals surface area contributed by atoms with Crippen LogP contribution < -0.4 is 10.1 Å². The standard InChI is InChI=1S/C21H21F3N2O2/c1-12-6-4-7-15(19(12)28-3)18(20(27)21(22,23)24)26-17-9-5-8-16-14(17)11-10-13(2)25-16/h4-11,18,20,26-27H,1-3H3. The number of hydrogen-bond acceptors (Lipinski definition) is 4. The number of anilines is 1. The first-order valence-electron chi connectivity index (χ1n) is 8.73. The van der Waals surface area contributed by atoms with E-state index in [2.05, 4.69) is 10.3 Å². The van der Waals surface area contributed by atoms with Gasteiger partial charge in [0.05, 0.1) is 18.7 Å². The van der Waals surface area contributed by atoms with E-state index in [-0.39, 0.29) is 5.56 Å². The van der Waals surface area contributed by atoms with Crippen molar-refractivity contribution in [2.24, 2.45) is 0 Å². The summed E-state index contributed by atoms with van der Waals surface area (Å²) in [4.78, 5) is 4.41. The van der Waals surface area contributed by atoms with Crippen molar-refractivity contribution < 1.29 is 23.0 Å². The Morgan fingerprint density at radius 1 is 1.04 bits per heavy atom. The Bertz CT molecular complexity index is 989. The summed E-state index contributed by atoms with van der Waals surface area (Å²) < 4.78 is 45.7. The minimum Gasteiger partial charge on any atom is -0.496 e. The van der Waals surface area contributed by atoms with Crippen LogP contribution in [0.1, 0.15) is 22.9 Å². The number of alkyl halides is 3. The average molecular weight is 390 g/mol. The van der Waals surface area contributed by atoms with Crippen LogP contribution in [0, 0.1) is 13.8 Å². The molecule has 2 N–H and O–H groups in total. The number of pyridine rings is 1. The Morgan fingerprint density at radius 2 is 1.75 bits per heavy atom. The van der Waals surface area contributed by atoms with Gasteiger partial charge >= 0.3 is 6.18 Å². The van der Waals surface area contributed by atoms with Crippen LogP contribution in [0.3, 0.4) is 0 Å². The van der Waals surface area contributed by atoms with Gasteiger partial charge in [0.25, 0.3) is 0 Å². The number of hydrogen-bond donors (Lipinski definition) is 2. The molecule has 2 atom stereocenters. The van der Waals surface area contributed by atoms with E-state index >= 15 is 0 Å². The molecule has 0 saturated carbocycles. The number of aromatic nitrogens is 1. The second kappa shape index (κ2) is 7.67. The highest BCUT2D eigenvalue weighted by Gasteiger charge is 2.45. The van der Waals surface area contributed by atoms with Gasteiger partial charge in [0.1, 0.15) is 5.75 Å². The lowest BCUT2D eigenvalue weighted by Crippen LogP contribution is -2.38. The van der Waals surface area contributed by atoms with Crippen molar-refractivity contribution in [2.75, 3.05) is 12.4 Å². The Kier molecular flexibility index (Phi) is 5.47. The predicted molar refractivity (Wildman–Crippen MR) is 103 cm³/mol. The minimum absolute atomic E-state index is 0.226. The van der Waals surface area contributed by atoms with Gasteiger partial charge in [0.15, 0.2) is 6.10 Å². The molecule has 0 amide bonds. The number of rotatable bonds is 5. The van der Waals surface area contributed by atoms with E-state index < -0.39 is 18.3 Å². The van der Waals surface area contributed by atoms with Crippen LogP contribution in [0.25, 0.3) is 10.9 Å². The molecule has 0 bridgehead atoms. The zero-order valence-electron chi connectivity index (χ0n) is 15.7. The van der Waals surface area contributed by atoms with E-state index in [4.69, 9.17) is 4.74 Å². The fraction of sp³-hybridized carbons (Fsp3) is 0.286. The van der Waals surface area contributed by atoms with E-state index in [1.807, 2.05) is 6.92 Å². The SMILES string of the molecule is COc1c(C)cccc1C(Nc1cccc2nc(C)ccc12)C(O)C(F)(F)F. The van der Waals surface area contributed by atoms with Crippen LogP contribution in [0.5, 0.6) is 5.75 Å². The van der Waals surface area contributed by atoms with Gasteiger partial charge in [-0.1, -0.05) is 24.3 Å². The summed E-state index contributed by atoms with van der Waals surface area (Å²) in [5, 5.41) is 13.7. The fourth-order valence-electron chi connectivity index (χ4n) is 3.26. The quantitative estimate of drug-likeness (QED) is 0.648. The molecule has 28 heavy (non-hydrogen) atoms. The zero-order chi connectivity index (χ0) is 20.5. The summed E-state index contributed by atoms with van der Waals surface area (Å²) in [5.41, 5.74) is 2.81.